The van der Waals surface area contributed by atoms with E-state index < -0.39 is 6.04 Å². The summed E-state index contributed by atoms with van der Waals surface area (Å²) in [7, 11) is 0. The smallest absolute Gasteiger partial charge is 0.242 e. The highest BCUT2D eigenvalue weighted by molar-refractivity contribution is 6.30. The van der Waals surface area contributed by atoms with Crippen molar-refractivity contribution in [1.82, 2.24) is 10.6 Å². The van der Waals surface area contributed by atoms with Crippen molar-refractivity contribution < 1.29 is 9.59 Å². The third-order valence-corrected chi connectivity index (χ3v) is 4.03. The van der Waals surface area contributed by atoms with E-state index in [2.05, 4.69) is 10.6 Å². The van der Waals surface area contributed by atoms with E-state index in [9.17, 15) is 9.59 Å². The van der Waals surface area contributed by atoms with Gasteiger partial charge in [0, 0.05) is 11.9 Å². The van der Waals surface area contributed by atoms with Gasteiger partial charge in [0.25, 0.3) is 0 Å². The molecule has 1 aromatic rings. The van der Waals surface area contributed by atoms with Crippen LogP contribution in [-0.2, 0) is 15.1 Å². The second kappa shape index (κ2) is 5.83. The molecule has 0 unspecified atom stereocenters. The quantitative estimate of drug-likeness (QED) is 0.895. The lowest BCUT2D eigenvalue weighted by molar-refractivity contribution is -0.129. The van der Waals surface area contributed by atoms with E-state index >= 15 is 0 Å². The van der Waals surface area contributed by atoms with Crippen LogP contribution in [0.2, 0.25) is 5.02 Å². The van der Waals surface area contributed by atoms with Crippen molar-refractivity contribution in [2.75, 3.05) is 0 Å². The monoisotopic (exact) mass is 294 g/mol. The molecule has 0 bridgehead atoms. The van der Waals surface area contributed by atoms with Crippen LogP contribution in [0.4, 0.5) is 0 Å². The molecule has 1 aliphatic rings. The summed E-state index contributed by atoms with van der Waals surface area (Å²) in [4.78, 5) is 23.2. The number of halogens is 1. The van der Waals surface area contributed by atoms with Gasteiger partial charge in [-0.2, -0.15) is 0 Å². The second-order valence-electron chi connectivity index (χ2n) is 5.35. The predicted octanol–water partition coefficient (Wildman–Crippen LogP) is 2.36. The van der Waals surface area contributed by atoms with E-state index in [1.807, 2.05) is 24.3 Å². The zero-order valence-electron chi connectivity index (χ0n) is 11.7. The molecule has 0 saturated heterocycles. The molecule has 5 heteroatoms. The van der Waals surface area contributed by atoms with Gasteiger partial charge in [-0.05, 0) is 43.9 Å². The van der Waals surface area contributed by atoms with Gasteiger partial charge in [-0.25, -0.2) is 0 Å². The zero-order chi connectivity index (χ0) is 14.8. The molecule has 0 aromatic heterocycles. The number of rotatable bonds is 4. The molecule has 0 heterocycles. The van der Waals surface area contributed by atoms with Crippen molar-refractivity contribution in [3.8, 4) is 0 Å². The minimum absolute atomic E-state index is 0.158. The van der Waals surface area contributed by atoms with Crippen molar-refractivity contribution in [2.24, 2.45) is 0 Å². The summed E-state index contributed by atoms with van der Waals surface area (Å²) in [5.41, 5.74) is 0.755. The third kappa shape index (κ3) is 3.12. The molecule has 2 rings (SSSR count). The summed E-state index contributed by atoms with van der Waals surface area (Å²) in [5, 5.41) is 6.36. The molecule has 0 spiro atoms. The minimum atomic E-state index is -0.530. The molecule has 1 aliphatic carbocycles. The fraction of sp³-hybridized carbons (Fsp3) is 0.467. The van der Waals surface area contributed by atoms with Gasteiger partial charge in [0.2, 0.25) is 11.8 Å². The Kier molecular flexibility index (Phi) is 4.33. The maximum atomic E-state index is 12.2. The molecular weight excluding hydrogens is 276 g/mol. The third-order valence-electron chi connectivity index (χ3n) is 3.78. The van der Waals surface area contributed by atoms with E-state index in [4.69, 9.17) is 11.6 Å². The first-order valence-corrected chi connectivity index (χ1v) is 7.16. The molecule has 2 amide bonds. The van der Waals surface area contributed by atoms with Crippen molar-refractivity contribution in [3.63, 3.8) is 0 Å². The Morgan fingerprint density at radius 1 is 1.25 bits per heavy atom. The zero-order valence-corrected chi connectivity index (χ0v) is 12.5. The van der Waals surface area contributed by atoms with Crippen molar-refractivity contribution in [3.05, 3.63) is 34.9 Å². The lowest BCUT2D eigenvalue weighted by Crippen LogP contribution is -2.55. The van der Waals surface area contributed by atoms with E-state index in [0.29, 0.717) is 5.02 Å². The van der Waals surface area contributed by atoms with Crippen LogP contribution >= 0.6 is 11.6 Å². The molecule has 1 saturated carbocycles. The fourth-order valence-electron chi connectivity index (χ4n) is 2.50. The maximum absolute atomic E-state index is 12.2. The van der Waals surface area contributed by atoms with Crippen LogP contribution in [0.25, 0.3) is 0 Å². The first-order chi connectivity index (χ1) is 9.43. The number of hydrogen-bond donors (Lipinski definition) is 2. The Labute approximate surface area is 123 Å². The van der Waals surface area contributed by atoms with E-state index in [0.717, 1.165) is 24.8 Å². The van der Waals surface area contributed by atoms with Gasteiger partial charge in [0.1, 0.15) is 6.04 Å². The summed E-state index contributed by atoms with van der Waals surface area (Å²) in [6.45, 7) is 3.09. The number of benzene rings is 1. The molecule has 4 nitrogen and oxygen atoms in total. The summed E-state index contributed by atoms with van der Waals surface area (Å²) in [5.74, 6) is -0.364. The van der Waals surface area contributed by atoms with Crippen LogP contribution in [0.15, 0.2) is 24.3 Å². The van der Waals surface area contributed by atoms with Gasteiger partial charge in [-0.3, -0.25) is 9.59 Å². The summed E-state index contributed by atoms with van der Waals surface area (Å²) >= 11 is 5.90. The molecule has 1 fully saturated rings. The molecule has 0 aliphatic heterocycles. The fourth-order valence-corrected chi connectivity index (χ4v) is 2.63. The van der Waals surface area contributed by atoms with E-state index in [1.54, 1.807) is 6.92 Å². The van der Waals surface area contributed by atoms with Gasteiger partial charge >= 0.3 is 0 Å². The lowest BCUT2D eigenvalue weighted by Gasteiger charge is -2.43. The van der Waals surface area contributed by atoms with Crippen LogP contribution < -0.4 is 10.6 Å². The highest BCUT2D eigenvalue weighted by atomic mass is 35.5. The van der Waals surface area contributed by atoms with Crippen LogP contribution in [0.5, 0.6) is 0 Å². The topological polar surface area (TPSA) is 58.2 Å². The number of amides is 2. The number of hydrogen-bond acceptors (Lipinski definition) is 2. The summed E-state index contributed by atoms with van der Waals surface area (Å²) in [6, 6.07) is 7.04. The van der Waals surface area contributed by atoms with Crippen LogP contribution in [0, 0.1) is 0 Å². The maximum Gasteiger partial charge on any atom is 0.242 e. The second-order valence-corrected chi connectivity index (χ2v) is 5.79. The molecule has 20 heavy (non-hydrogen) atoms. The van der Waals surface area contributed by atoms with Crippen molar-refractivity contribution in [1.29, 1.82) is 0 Å². The van der Waals surface area contributed by atoms with E-state index in [1.165, 1.54) is 6.92 Å². The Hall–Kier alpha value is -1.55. The highest BCUT2D eigenvalue weighted by Gasteiger charge is 2.40. The standard InChI is InChI=1S/C15H19ClN2O2/c1-10(17-11(2)19)14(20)18-15(8-3-9-15)12-4-6-13(16)7-5-12/h4-7,10H,3,8-9H2,1-2H3,(H,17,19)(H,18,20)/t10-/m0/s1. The number of carbonyl (C=O) groups excluding carboxylic acids is 2. The predicted molar refractivity (Wildman–Crippen MR) is 78.4 cm³/mol. The molecular formula is C15H19ClN2O2. The Morgan fingerprint density at radius 2 is 1.85 bits per heavy atom. The van der Waals surface area contributed by atoms with Crippen molar-refractivity contribution >= 4 is 23.4 Å². The summed E-state index contributed by atoms with van der Waals surface area (Å²) < 4.78 is 0. The van der Waals surface area contributed by atoms with E-state index in [-0.39, 0.29) is 17.4 Å². The largest absolute Gasteiger partial charge is 0.345 e. The average molecular weight is 295 g/mol. The van der Waals surface area contributed by atoms with Gasteiger partial charge in [-0.1, -0.05) is 23.7 Å². The van der Waals surface area contributed by atoms with Crippen LogP contribution in [0.3, 0.4) is 0 Å². The molecule has 108 valence electrons. The van der Waals surface area contributed by atoms with Crippen LogP contribution in [0.1, 0.15) is 38.7 Å². The normalized spacial score (nSPS) is 17.8. The SMILES string of the molecule is CC(=O)N[C@@H](C)C(=O)NC1(c2ccc(Cl)cc2)CCC1. The molecule has 1 aromatic carbocycles. The van der Waals surface area contributed by atoms with Gasteiger partial charge in [-0.15, -0.1) is 0 Å². The van der Waals surface area contributed by atoms with Gasteiger partial charge in [0.05, 0.1) is 5.54 Å². The van der Waals surface area contributed by atoms with Gasteiger partial charge in [0.15, 0.2) is 0 Å². The number of nitrogens with one attached hydrogen (secondary N) is 2. The Balaban J connectivity index is 2.10. The van der Waals surface area contributed by atoms with Crippen LogP contribution in [-0.4, -0.2) is 17.9 Å². The molecule has 2 N–H and O–H groups in total. The first-order valence-electron chi connectivity index (χ1n) is 6.78. The number of carbonyl (C=O) groups is 2. The van der Waals surface area contributed by atoms with Crippen molar-refractivity contribution in [2.45, 2.75) is 44.7 Å². The molecule has 1 atom stereocenters. The lowest BCUT2D eigenvalue weighted by atomic mass is 9.71. The Bertz CT molecular complexity index is 509. The average Bonchev–Trinajstić information content (AvgIpc) is 2.34. The highest BCUT2D eigenvalue weighted by Crippen LogP contribution is 2.41. The Morgan fingerprint density at radius 3 is 2.30 bits per heavy atom. The van der Waals surface area contributed by atoms with Gasteiger partial charge < -0.3 is 10.6 Å². The summed E-state index contributed by atoms with van der Waals surface area (Å²) in [6.07, 6.45) is 2.90. The first kappa shape index (κ1) is 14.9. The molecule has 0 radical (unpaired) electrons. The minimum Gasteiger partial charge on any atom is -0.345 e.